The first-order valence-electron chi connectivity index (χ1n) is 12.3. The number of ether oxygens (including phenoxy) is 1. The lowest BCUT2D eigenvalue weighted by Gasteiger charge is -2.28. The Morgan fingerprint density at radius 1 is 1.03 bits per heavy atom. The number of hydrogen-bond acceptors (Lipinski definition) is 7. The van der Waals surface area contributed by atoms with Crippen LogP contribution in [-0.2, 0) is 9.53 Å². The summed E-state index contributed by atoms with van der Waals surface area (Å²) in [5.74, 6) is -1.18. The van der Waals surface area contributed by atoms with E-state index in [4.69, 9.17) is 9.15 Å². The number of benzene rings is 1. The molecule has 3 N–H and O–H groups in total. The molecule has 2 amide bonds. The Balaban J connectivity index is 1.74. The van der Waals surface area contributed by atoms with Gasteiger partial charge in [0.1, 0.15) is 16.8 Å². The second-order valence-electron chi connectivity index (χ2n) is 10.3. The molecule has 0 radical (unpaired) electrons. The van der Waals surface area contributed by atoms with E-state index in [1.54, 1.807) is 58.9 Å². The van der Waals surface area contributed by atoms with E-state index in [1.807, 2.05) is 19.9 Å². The number of carbonyl (C=O) groups excluding carboxylic acids is 3. The molecule has 2 aromatic heterocycles. The maximum absolute atomic E-state index is 12.7. The molecule has 0 aliphatic rings. The molecule has 0 spiro atoms. The topological polar surface area (TPSA) is 139 Å². The van der Waals surface area contributed by atoms with Crippen LogP contribution in [-0.4, -0.2) is 50.1 Å². The van der Waals surface area contributed by atoms with Gasteiger partial charge in [0.25, 0.3) is 11.8 Å². The van der Waals surface area contributed by atoms with Crippen LogP contribution < -0.4 is 10.6 Å². The predicted molar refractivity (Wildman–Crippen MR) is 139 cm³/mol. The van der Waals surface area contributed by atoms with Crippen molar-refractivity contribution < 1.29 is 23.5 Å². The number of nitrogens with zero attached hydrogens (tertiary/aromatic N) is 2. The van der Waals surface area contributed by atoms with Crippen molar-refractivity contribution >= 4 is 17.8 Å². The minimum atomic E-state index is -1.27. The lowest BCUT2D eigenvalue weighted by atomic mass is 10.0. The van der Waals surface area contributed by atoms with Crippen LogP contribution in [0.2, 0.25) is 0 Å². The number of oxazole rings is 1. The number of esters is 1. The second-order valence-corrected chi connectivity index (χ2v) is 10.3. The summed E-state index contributed by atoms with van der Waals surface area (Å²) >= 11 is 0. The van der Waals surface area contributed by atoms with Gasteiger partial charge >= 0.3 is 5.97 Å². The number of hydrogen-bond donors (Lipinski definition) is 3. The zero-order chi connectivity index (χ0) is 27.4. The molecule has 2 heterocycles. The number of aromatic amines is 1. The fourth-order valence-corrected chi connectivity index (χ4v) is 3.47. The molecule has 10 nitrogen and oxygen atoms in total. The summed E-state index contributed by atoms with van der Waals surface area (Å²) in [5, 5.41) is 12.7. The summed E-state index contributed by atoms with van der Waals surface area (Å²) < 4.78 is 11.1. The molecule has 198 valence electrons. The largest absolute Gasteiger partial charge is 0.458 e. The third-order valence-electron chi connectivity index (χ3n) is 5.61. The lowest BCUT2D eigenvalue weighted by molar-refractivity contribution is -0.161. The lowest BCUT2D eigenvalue weighted by Crippen LogP contribution is -2.52. The number of rotatable bonds is 9. The van der Waals surface area contributed by atoms with Crippen LogP contribution in [0, 0.1) is 0 Å². The monoisotopic (exact) mass is 509 g/mol. The normalized spacial score (nSPS) is 11.9. The van der Waals surface area contributed by atoms with Crippen molar-refractivity contribution in [3.8, 4) is 22.7 Å². The number of nitrogens with one attached hydrogen (secondary N) is 3. The zero-order valence-electron chi connectivity index (χ0n) is 22.4. The maximum atomic E-state index is 12.7. The van der Waals surface area contributed by atoms with Gasteiger partial charge in [0.05, 0.1) is 11.9 Å². The second kappa shape index (κ2) is 11.0. The molecular formula is C27H35N5O5. The Hall–Kier alpha value is -3.95. The van der Waals surface area contributed by atoms with Crippen LogP contribution in [0.15, 0.2) is 40.9 Å². The van der Waals surface area contributed by atoms with Gasteiger partial charge in [0, 0.05) is 17.2 Å². The Morgan fingerprint density at radius 3 is 2.35 bits per heavy atom. The van der Waals surface area contributed by atoms with E-state index in [1.165, 1.54) is 6.20 Å². The molecule has 37 heavy (non-hydrogen) atoms. The van der Waals surface area contributed by atoms with Gasteiger partial charge in [-0.3, -0.25) is 14.7 Å². The van der Waals surface area contributed by atoms with Gasteiger partial charge in [0.15, 0.2) is 0 Å². The van der Waals surface area contributed by atoms with Crippen LogP contribution in [0.5, 0.6) is 0 Å². The molecule has 3 aromatic rings. The van der Waals surface area contributed by atoms with Crippen molar-refractivity contribution in [2.75, 3.05) is 0 Å². The van der Waals surface area contributed by atoms with Gasteiger partial charge in [-0.15, -0.1) is 0 Å². The highest BCUT2D eigenvalue weighted by molar-refractivity contribution is 5.96. The van der Waals surface area contributed by atoms with Crippen molar-refractivity contribution in [3.63, 3.8) is 0 Å². The molecule has 0 saturated heterocycles. The molecule has 3 rings (SSSR count). The fourth-order valence-electron chi connectivity index (χ4n) is 3.47. The van der Waals surface area contributed by atoms with Crippen molar-refractivity contribution in [2.45, 2.75) is 78.5 Å². The maximum Gasteiger partial charge on any atom is 0.331 e. The van der Waals surface area contributed by atoms with Gasteiger partial charge < -0.3 is 19.8 Å². The van der Waals surface area contributed by atoms with E-state index in [9.17, 15) is 14.4 Å². The average Bonchev–Trinajstić information content (AvgIpc) is 3.52. The first-order valence-corrected chi connectivity index (χ1v) is 12.3. The Labute approximate surface area is 216 Å². The third-order valence-corrected chi connectivity index (χ3v) is 5.61. The summed E-state index contributed by atoms with van der Waals surface area (Å²) in [6, 6.07) is 9.03. The molecule has 0 aliphatic carbocycles. The predicted octanol–water partition coefficient (Wildman–Crippen LogP) is 4.50. The van der Waals surface area contributed by atoms with Crippen molar-refractivity contribution in [1.82, 2.24) is 25.8 Å². The van der Waals surface area contributed by atoms with Crippen molar-refractivity contribution in [3.05, 3.63) is 48.0 Å². The standard InChI is InChI=1S/C27H35N5O5/c1-8-18(9-2)29-22(33)20-14-19(31-32-20)16-11-10-12-17(13-16)24-28-15-21(36-24)23(34)30-27(6,7)25(35)37-26(3,4)5/h10-15,18H,8-9H2,1-7H3,(H,29,33)(H,30,34)(H,31,32). The van der Waals surface area contributed by atoms with Crippen LogP contribution in [0.4, 0.5) is 0 Å². The first kappa shape index (κ1) is 27.6. The van der Waals surface area contributed by atoms with Gasteiger partial charge in [-0.25, -0.2) is 9.78 Å². The van der Waals surface area contributed by atoms with Gasteiger partial charge in [-0.05, 0) is 65.7 Å². The van der Waals surface area contributed by atoms with Gasteiger partial charge in [-0.1, -0.05) is 26.0 Å². The van der Waals surface area contributed by atoms with E-state index < -0.39 is 23.0 Å². The summed E-state index contributed by atoms with van der Waals surface area (Å²) in [6.07, 6.45) is 3.00. The summed E-state index contributed by atoms with van der Waals surface area (Å²) in [6.45, 7) is 12.4. The zero-order valence-corrected chi connectivity index (χ0v) is 22.4. The highest BCUT2D eigenvalue weighted by Gasteiger charge is 2.35. The molecule has 0 fully saturated rings. The number of amides is 2. The molecule has 10 heteroatoms. The molecule has 0 unspecified atom stereocenters. The highest BCUT2D eigenvalue weighted by Crippen LogP contribution is 2.26. The average molecular weight is 510 g/mol. The summed E-state index contributed by atoms with van der Waals surface area (Å²) in [4.78, 5) is 41.9. The molecule has 0 saturated carbocycles. The van der Waals surface area contributed by atoms with Crippen LogP contribution in [0.3, 0.4) is 0 Å². The van der Waals surface area contributed by atoms with E-state index >= 15 is 0 Å². The smallest absolute Gasteiger partial charge is 0.331 e. The number of H-pyrrole nitrogens is 1. The molecule has 1 aromatic carbocycles. The third kappa shape index (κ3) is 7.05. The highest BCUT2D eigenvalue weighted by atomic mass is 16.6. The van der Waals surface area contributed by atoms with E-state index in [2.05, 4.69) is 25.8 Å². The Bertz CT molecular complexity index is 1260. The van der Waals surface area contributed by atoms with E-state index in [0.717, 1.165) is 18.4 Å². The molecule has 0 atom stereocenters. The van der Waals surface area contributed by atoms with Gasteiger partial charge in [0.2, 0.25) is 11.7 Å². The number of aromatic nitrogens is 3. The summed E-state index contributed by atoms with van der Waals surface area (Å²) in [5.41, 5.74) is 0.361. The van der Waals surface area contributed by atoms with Crippen LogP contribution in [0.25, 0.3) is 22.7 Å². The van der Waals surface area contributed by atoms with Gasteiger partial charge in [-0.2, -0.15) is 5.10 Å². The molecular weight excluding hydrogens is 474 g/mol. The SMILES string of the molecule is CCC(CC)NC(=O)c1cc(-c2cccc(-c3ncc(C(=O)NC(C)(C)C(=O)OC(C)(C)C)o3)c2)n[nH]1. The van der Waals surface area contributed by atoms with E-state index in [-0.39, 0.29) is 23.6 Å². The van der Waals surface area contributed by atoms with Crippen molar-refractivity contribution in [1.29, 1.82) is 0 Å². The Morgan fingerprint density at radius 2 is 1.70 bits per heavy atom. The Kier molecular flexibility index (Phi) is 8.20. The van der Waals surface area contributed by atoms with Crippen molar-refractivity contribution in [2.24, 2.45) is 0 Å². The van der Waals surface area contributed by atoms with Crippen LogP contribution >= 0.6 is 0 Å². The minimum Gasteiger partial charge on any atom is -0.458 e. The fraction of sp³-hybridized carbons (Fsp3) is 0.444. The molecule has 0 aliphatic heterocycles. The van der Waals surface area contributed by atoms with Crippen LogP contribution in [0.1, 0.15) is 82.4 Å². The first-order chi connectivity index (χ1) is 17.3. The quantitative estimate of drug-likeness (QED) is 0.361. The summed E-state index contributed by atoms with van der Waals surface area (Å²) in [7, 11) is 0. The van der Waals surface area contributed by atoms with E-state index in [0.29, 0.717) is 17.0 Å². The molecule has 0 bridgehead atoms. The minimum absolute atomic E-state index is 0.0443. The number of carbonyl (C=O) groups is 3.